The van der Waals surface area contributed by atoms with Crippen molar-refractivity contribution in [3.63, 3.8) is 0 Å². The second-order valence-corrected chi connectivity index (χ2v) is 6.73. The Morgan fingerprint density at radius 1 is 1.11 bits per heavy atom. The van der Waals surface area contributed by atoms with Crippen molar-refractivity contribution in [2.75, 3.05) is 5.32 Å². The number of aryl methyl sites for hydroxylation is 4. The molecule has 2 rings (SSSR count). The topological polar surface area (TPSA) is 42.0 Å². The molecule has 0 fully saturated rings. The third kappa shape index (κ3) is 4.80. The molecule has 0 atom stereocenters. The van der Waals surface area contributed by atoms with Gasteiger partial charge in [-0.05, 0) is 37.8 Å². The number of pyridine rings is 1. The number of carbonyl (C=O) groups is 1. The van der Waals surface area contributed by atoms with Gasteiger partial charge in [0, 0.05) is 16.9 Å². The number of hydrogen-bond acceptors (Lipinski definition) is 2. The van der Waals surface area contributed by atoms with Gasteiger partial charge in [0.2, 0.25) is 0 Å². The van der Waals surface area contributed by atoms with E-state index < -0.39 is 18.5 Å². The average molecular weight is 399 g/mol. The van der Waals surface area contributed by atoms with Crippen LogP contribution in [0.2, 0.25) is 5.02 Å². The molecule has 0 aliphatic heterocycles. The summed E-state index contributed by atoms with van der Waals surface area (Å²) in [4.78, 5) is 17.0. The van der Waals surface area contributed by atoms with Gasteiger partial charge in [-0.25, -0.2) is 0 Å². The van der Waals surface area contributed by atoms with E-state index in [9.17, 15) is 18.0 Å². The fourth-order valence-electron chi connectivity index (χ4n) is 3.09. The minimum absolute atomic E-state index is 0.0190. The number of nitrogens with one attached hydrogen (secondary N) is 1. The van der Waals surface area contributed by atoms with E-state index in [4.69, 9.17) is 11.6 Å². The highest BCUT2D eigenvalue weighted by Crippen LogP contribution is 2.32. The van der Waals surface area contributed by atoms with E-state index in [2.05, 4.69) is 10.3 Å². The number of hydrogen-bond donors (Lipinski definition) is 1. The van der Waals surface area contributed by atoms with Gasteiger partial charge >= 0.3 is 6.18 Å². The maximum atomic E-state index is 12.9. The van der Waals surface area contributed by atoms with Gasteiger partial charge in [-0.3, -0.25) is 9.78 Å². The fourth-order valence-corrected chi connectivity index (χ4v) is 3.52. The molecule has 0 saturated carbocycles. The molecule has 1 heterocycles. The van der Waals surface area contributed by atoms with Crippen molar-refractivity contribution in [3.05, 3.63) is 56.9 Å². The van der Waals surface area contributed by atoms with Crippen LogP contribution in [0.4, 0.5) is 18.9 Å². The van der Waals surface area contributed by atoms with Crippen LogP contribution in [-0.2, 0) is 19.3 Å². The molecule has 1 aromatic carbocycles. The van der Waals surface area contributed by atoms with Crippen molar-refractivity contribution < 1.29 is 18.0 Å². The number of carbonyl (C=O) groups excluding carboxylic acids is 1. The summed E-state index contributed by atoms with van der Waals surface area (Å²) >= 11 is 6.23. The summed E-state index contributed by atoms with van der Waals surface area (Å²) in [5.74, 6) is -0.552. The molecular formula is C20H22ClF3N2O. The summed E-state index contributed by atoms with van der Waals surface area (Å²) in [6.45, 7) is 6.97. The number of alkyl halides is 3. The second-order valence-electron chi connectivity index (χ2n) is 6.35. The molecule has 1 N–H and O–H groups in total. The minimum atomic E-state index is -4.44. The van der Waals surface area contributed by atoms with Gasteiger partial charge in [0.1, 0.15) is 0 Å². The lowest BCUT2D eigenvalue weighted by Gasteiger charge is -2.18. The highest BCUT2D eigenvalue weighted by molar-refractivity contribution is 6.35. The lowest BCUT2D eigenvalue weighted by Crippen LogP contribution is -2.20. The normalized spacial score (nSPS) is 11.6. The average Bonchev–Trinajstić information content (AvgIpc) is 2.57. The summed E-state index contributed by atoms with van der Waals surface area (Å²) in [5.41, 5.74) is 2.87. The summed E-state index contributed by atoms with van der Waals surface area (Å²) in [7, 11) is 0. The molecule has 0 bridgehead atoms. The molecule has 0 unspecified atom stereocenters. The van der Waals surface area contributed by atoms with Crippen LogP contribution in [0.1, 0.15) is 52.3 Å². The van der Waals surface area contributed by atoms with Crippen molar-refractivity contribution in [2.24, 2.45) is 0 Å². The molecule has 1 amide bonds. The molecule has 7 heteroatoms. The lowest BCUT2D eigenvalue weighted by atomic mass is 10.0. The molecule has 0 aliphatic rings. The van der Waals surface area contributed by atoms with Gasteiger partial charge in [0.25, 0.3) is 5.91 Å². The Morgan fingerprint density at radius 3 is 2.15 bits per heavy atom. The second kappa shape index (κ2) is 8.30. The zero-order valence-electron chi connectivity index (χ0n) is 15.7. The Hall–Kier alpha value is -2.08. The Labute approximate surface area is 162 Å². The monoisotopic (exact) mass is 398 g/mol. The van der Waals surface area contributed by atoms with Crippen LogP contribution in [0.3, 0.4) is 0 Å². The van der Waals surface area contributed by atoms with Crippen LogP contribution in [0, 0.1) is 13.8 Å². The molecule has 2 aromatic rings. The van der Waals surface area contributed by atoms with Crippen molar-refractivity contribution in [2.45, 2.75) is 53.1 Å². The van der Waals surface area contributed by atoms with Crippen molar-refractivity contribution >= 4 is 23.2 Å². The minimum Gasteiger partial charge on any atom is -0.321 e. The van der Waals surface area contributed by atoms with E-state index in [1.54, 1.807) is 6.92 Å². The summed E-state index contributed by atoms with van der Waals surface area (Å²) in [5, 5.41) is 2.65. The summed E-state index contributed by atoms with van der Waals surface area (Å²) in [6, 6.07) is 5.73. The summed E-state index contributed by atoms with van der Waals surface area (Å²) in [6.07, 6.45) is -4.25. The standard InChI is InChI=1S/C20H22ClF3N2O/c1-5-13-8-7-9-14(6-2)18(13)26-19(27)16-12(4)25-11(3)15(17(16)21)10-20(22,23)24/h7-9H,5-6,10H2,1-4H3,(H,26,27). The van der Waals surface area contributed by atoms with Gasteiger partial charge in [-0.2, -0.15) is 13.2 Å². The SMILES string of the molecule is CCc1cccc(CC)c1NC(=O)c1c(C)nc(C)c(CC(F)(F)F)c1Cl. The fraction of sp³-hybridized carbons (Fsp3) is 0.400. The van der Waals surface area contributed by atoms with Gasteiger partial charge in [-0.15, -0.1) is 0 Å². The Kier molecular flexibility index (Phi) is 6.52. The van der Waals surface area contributed by atoms with Crippen molar-refractivity contribution in [1.29, 1.82) is 0 Å². The first-order valence-electron chi connectivity index (χ1n) is 8.73. The van der Waals surface area contributed by atoms with Crippen LogP contribution in [0.15, 0.2) is 18.2 Å². The molecule has 1 aromatic heterocycles. The first-order chi connectivity index (χ1) is 12.6. The lowest BCUT2D eigenvalue weighted by molar-refractivity contribution is -0.127. The number of nitrogens with zero attached hydrogens (tertiary/aromatic N) is 1. The predicted molar refractivity (Wildman–Crippen MR) is 102 cm³/mol. The number of para-hydroxylation sites is 1. The first kappa shape index (κ1) is 21.2. The molecule has 0 spiro atoms. The van der Waals surface area contributed by atoms with E-state index in [1.165, 1.54) is 6.92 Å². The van der Waals surface area contributed by atoms with Crippen LogP contribution < -0.4 is 5.32 Å². The van der Waals surface area contributed by atoms with Crippen LogP contribution >= 0.6 is 11.6 Å². The summed E-state index contributed by atoms with van der Waals surface area (Å²) < 4.78 is 38.7. The predicted octanol–water partition coefficient (Wildman–Crippen LogP) is 5.83. The number of rotatable bonds is 5. The largest absolute Gasteiger partial charge is 0.393 e. The molecule has 3 nitrogen and oxygen atoms in total. The Balaban J connectivity index is 2.50. The van der Waals surface area contributed by atoms with E-state index >= 15 is 0 Å². The Morgan fingerprint density at radius 2 is 1.67 bits per heavy atom. The third-order valence-corrected chi connectivity index (χ3v) is 4.88. The molecule has 0 aliphatic carbocycles. The third-order valence-electron chi connectivity index (χ3n) is 4.46. The van der Waals surface area contributed by atoms with E-state index in [0.717, 1.165) is 11.1 Å². The smallest absolute Gasteiger partial charge is 0.321 e. The molecule has 0 radical (unpaired) electrons. The first-order valence-corrected chi connectivity index (χ1v) is 9.11. The number of aromatic nitrogens is 1. The van der Waals surface area contributed by atoms with Crippen molar-refractivity contribution in [3.8, 4) is 0 Å². The zero-order chi connectivity index (χ0) is 20.4. The zero-order valence-corrected chi connectivity index (χ0v) is 16.5. The highest BCUT2D eigenvalue weighted by Gasteiger charge is 2.32. The van der Waals surface area contributed by atoms with Crippen LogP contribution in [0.25, 0.3) is 0 Å². The van der Waals surface area contributed by atoms with Gasteiger partial charge in [-0.1, -0.05) is 43.6 Å². The molecule has 27 heavy (non-hydrogen) atoms. The number of amides is 1. The van der Waals surface area contributed by atoms with Gasteiger partial charge in [0.15, 0.2) is 0 Å². The van der Waals surface area contributed by atoms with Crippen LogP contribution in [0.5, 0.6) is 0 Å². The molecular weight excluding hydrogens is 377 g/mol. The van der Waals surface area contributed by atoms with Crippen LogP contribution in [-0.4, -0.2) is 17.1 Å². The van der Waals surface area contributed by atoms with Gasteiger partial charge < -0.3 is 5.32 Å². The van der Waals surface area contributed by atoms with E-state index in [0.29, 0.717) is 24.2 Å². The Bertz CT molecular complexity index is 841. The maximum absolute atomic E-state index is 12.9. The molecule has 0 saturated heterocycles. The number of benzene rings is 1. The van der Waals surface area contributed by atoms with E-state index in [-0.39, 0.29) is 21.8 Å². The quantitative estimate of drug-likeness (QED) is 0.688. The van der Waals surface area contributed by atoms with E-state index in [1.807, 2.05) is 32.0 Å². The number of halogens is 4. The van der Waals surface area contributed by atoms with Crippen molar-refractivity contribution in [1.82, 2.24) is 4.98 Å². The highest BCUT2D eigenvalue weighted by atomic mass is 35.5. The maximum Gasteiger partial charge on any atom is 0.393 e. The number of anilines is 1. The van der Waals surface area contributed by atoms with Gasteiger partial charge in [0.05, 0.1) is 22.7 Å². The molecule has 146 valence electrons.